The minimum absolute atomic E-state index is 0.0177. The lowest BCUT2D eigenvalue weighted by Gasteiger charge is -2.22. The SMILES string of the molecule is CC(=O)Nc1cc(-c2ccc(C(=N)N)cc2)ccc1N1CCN(CCC(=O)O)C1=O. The molecule has 0 unspecified atom stereocenters. The number of anilines is 2. The second kappa shape index (κ2) is 8.64. The number of carbonyl (C=O) groups excluding carboxylic acids is 2. The Morgan fingerprint density at radius 1 is 1.13 bits per heavy atom. The number of nitrogens with zero attached hydrogens (tertiary/aromatic N) is 2. The molecular formula is C21H23N5O4. The van der Waals surface area contributed by atoms with Crippen LogP contribution in [-0.4, -0.2) is 53.4 Å². The summed E-state index contributed by atoms with van der Waals surface area (Å²) in [6, 6.07) is 12.3. The number of benzene rings is 2. The Labute approximate surface area is 173 Å². The number of carbonyl (C=O) groups is 3. The number of carboxylic acid groups (broad SMARTS) is 1. The second-order valence-corrected chi connectivity index (χ2v) is 6.97. The average molecular weight is 409 g/mol. The molecule has 0 aromatic heterocycles. The molecule has 1 fully saturated rings. The number of nitrogens with one attached hydrogen (secondary N) is 2. The predicted molar refractivity (Wildman–Crippen MR) is 114 cm³/mol. The summed E-state index contributed by atoms with van der Waals surface area (Å²) in [4.78, 5) is 38.3. The molecule has 9 heteroatoms. The summed E-state index contributed by atoms with van der Waals surface area (Å²) >= 11 is 0. The zero-order valence-electron chi connectivity index (χ0n) is 16.5. The number of nitrogen functional groups attached to an aromatic ring is 1. The van der Waals surface area contributed by atoms with E-state index in [1.165, 1.54) is 16.7 Å². The summed E-state index contributed by atoms with van der Waals surface area (Å²) in [6.45, 7) is 2.35. The standard InChI is InChI=1S/C21H23N5O4/c1-13(27)24-17-12-16(14-2-4-15(5-3-14)20(22)23)6-7-18(17)26-11-10-25(21(26)30)9-8-19(28)29/h2-7,12H,8-11H2,1H3,(H3,22,23)(H,24,27)(H,28,29). The zero-order valence-corrected chi connectivity index (χ0v) is 16.5. The van der Waals surface area contributed by atoms with Crippen molar-refractivity contribution in [2.45, 2.75) is 13.3 Å². The van der Waals surface area contributed by atoms with E-state index < -0.39 is 5.97 Å². The molecule has 0 saturated carbocycles. The summed E-state index contributed by atoms with van der Waals surface area (Å²) in [5.41, 5.74) is 8.85. The van der Waals surface area contributed by atoms with E-state index in [9.17, 15) is 14.4 Å². The van der Waals surface area contributed by atoms with Gasteiger partial charge in [-0.05, 0) is 23.3 Å². The quantitative estimate of drug-likeness (QED) is 0.410. The fraction of sp³-hybridized carbons (Fsp3) is 0.238. The fourth-order valence-corrected chi connectivity index (χ4v) is 3.33. The van der Waals surface area contributed by atoms with Crippen molar-refractivity contribution in [3.05, 3.63) is 48.0 Å². The van der Waals surface area contributed by atoms with Crippen LogP contribution in [0.15, 0.2) is 42.5 Å². The molecule has 1 aliphatic rings. The third kappa shape index (κ3) is 4.57. The van der Waals surface area contributed by atoms with Gasteiger partial charge in [-0.25, -0.2) is 4.79 Å². The second-order valence-electron chi connectivity index (χ2n) is 6.97. The highest BCUT2D eigenvalue weighted by atomic mass is 16.4. The Hall–Kier alpha value is -3.88. The number of amidine groups is 1. The van der Waals surface area contributed by atoms with Gasteiger partial charge in [0.25, 0.3) is 0 Å². The molecule has 9 nitrogen and oxygen atoms in total. The van der Waals surface area contributed by atoms with Crippen molar-refractivity contribution in [3.8, 4) is 11.1 Å². The van der Waals surface area contributed by atoms with Crippen LogP contribution in [0.4, 0.5) is 16.2 Å². The smallest absolute Gasteiger partial charge is 0.324 e. The van der Waals surface area contributed by atoms with Gasteiger partial charge < -0.3 is 21.1 Å². The van der Waals surface area contributed by atoms with Crippen molar-refractivity contribution >= 4 is 35.1 Å². The van der Waals surface area contributed by atoms with E-state index in [4.69, 9.17) is 16.2 Å². The first-order valence-electron chi connectivity index (χ1n) is 9.41. The summed E-state index contributed by atoms with van der Waals surface area (Å²) < 4.78 is 0. The first-order valence-corrected chi connectivity index (χ1v) is 9.41. The lowest BCUT2D eigenvalue weighted by molar-refractivity contribution is -0.137. The van der Waals surface area contributed by atoms with Crippen LogP contribution in [0.5, 0.6) is 0 Å². The highest BCUT2D eigenvalue weighted by molar-refractivity contribution is 6.02. The minimum atomic E-state index is -0.958. The third-order valence-electron chi connectivity index (χ3n) is 4.82. The number of nitrogens with two attached hydrogens (primary N) is 1. The van der Waals surface area contributed by atoms with Gasteiger partial charge in [-0.2, -0.15) is 0 Å². The minimum Gasteiger partial charge on any atom is -0.481 e. The van der Waals surface area contributed by atoms with Gasteiger partial charge in [-0.1, -0.05) is 30.3 Å². The Balaban J connectivity index is 1.90. The lowest BCUT2D eigenvalue weighted by atomic mass is 10.0. The van der Waals surface area contributed by atoms with Crippen molar-refractivity contribution in [1.29, 1.82) is 5.41 Å². The van der Waals surface area contributed by atoms with Crippen molar-refractivity contribution in [2.24, 2.45) is 5.73 Å². The number of urea groups is 1. The molecule has 1 heterocycles. The van der Waals surface area contributed by atoms with Gasteiger partial charge in [0.15, 0.2) is 0 Å². The van der Waals surface area contributed by atoms with Crippen LogP contribution in [0.2, 0.25) is 0 Å². The molecule has 0 bridgehead atoms. The average Bonchev–Trinajstić information content (AvgIpc) is 3.06. The zero-order chi connectivity index (χ0) is 21.8. The molecule has 3 rings (SSSR count). The van der Waals surface area contributed by atoms with Crippen molar-refractivity contribution in [3.63, 3.8) is 0 Å². The Bertz CT molecular complexity index is 1000. The number of hydrogen-bond acceptors (Lipinski definition) is 4. The van der Waals surface area contributed by atoms with E-state index in [1.807, 2.05) is 18.2 Å². The number of hydrogen-bond donors (Lipinski definition) is 4. The molecular weight excluding hydrogens is 386 g/mol. The molecule has 1 saturated heterocycles. The molecule has 2 aromatic carbocycles. The van der Waals surface area contributed by atoms with Gasteiger partial charge in [0.1, 0.15) is 5.84 Å². The topological polar surface area (TPSA) is 140 Å². The van der Waals surface area contributed by atoms with Crippen LogP contribution in [0.25, 0.3) is 11.1 Å². The molecule has 0 atom stereocenters. The van der Waals surface area contributed by atoms with Gasteiger partial charge in [0, 0.05) is 32.1 Å². The molecule has 0 radical (unpaired) electrons. The number of rotatable bonds is 7. The van der Waals surface area contributed by atoms with E-state index in [2.05, 4.69) is 5.32 Å². The van der Waals surface area contributed by atoms with Crippen LogP contribution in [0.1, 0.15) is 18.9 Å². The van der Waals surface area contributed by atoms with Gasteiger partial charge in [-0.3, -0.25) is 19.9 Å². The van der Waals surface area contributed by atoms with Gasteiger partial charge in [0.2, 0.25) is 5.91 Å². The van der Waals surface area contributed by atoms with Crippen LogP contribution in [0.3, 0.4) is 0 Å². The maximum atomic E-state index is 12.7. The number of carboxylic acids is 1. The van der Waals surface area contributed by atoms with Crippen molar-refractivity contribution in [1.82, 2.24) is 4.90 Å². The Kier molecular flexibility index (Phi) is 6.01. The normalized spacial score (nSPS) is 13.4. The molecule has 156 valence electrons. The summed E-state index contributed by atoms with van der Waals surface area (Å²) in [6.07, 6.45) is -0.118. The van der Waals surface area contributed by atoms with Gasteiger partial charge >= 0.3 is 12.0 Å². The van der Waals surface area contributed by atoms with Crippen LogP contribution in [0, 0.1) is 5.41 Å². The van der Waals surface area contributed by atoms with Crippen molar-refractivity contribution < 1.29 is 19.5 Å². The maximum Gasteiger partial charge on any atom is 0.324 e. The predicted octanol–water partition coefficient (Wildman–Crippen LogP) is 2.31. The van der Waals surface area contributed by atoms with Crippen molar-refractivity contribution in [2.75, 3.05) is 29.9 Å². The number of aliphatic carboxylic acids is 1. The van der Waals surface area contributed by atoms with E-state index >= 15 is 0 Å². The molecule has 0 aliphatic carbocycles. The first-order chi connectivity index (χ1) is 14.3. The highest BCUT2D eigenvalue weighted by Crippen LogP contribution is 2.33. The molecule has 30 heavy (non-hydrogen) atoms. The molecule has 1 aliphatic heterocycles. The third-order valence-corrected chi connectivity index (χ3v) is 4.82. The van der Waals surface area contributed by atoms with E-state index in [0.717, 1.165) is 11.1 Å². The Morgan fingerprint density at radius 2 is 1.80 bits per heavy atom. The van der Waals surface area contributed by atoms with Crippen LogP contribution < -0.4 is 16.0 Å². The molecule has 5 N–H and O–H groups in total. The largest absolute Gasteiger partial charge is 0.481 e. The first kappa shape index (κ1) is 20.8. The summed E-state index contributed by atoms with van der Waals surface area (Å²) in [5.74, 6) is -1.24. The van der Waals surface area contributed by atoms with Crippen LogP contribution in [-0.2, 0) is 9.59 Å². The van der Waals surface area contributed by atoms with Gasteiger partial charge in [-0.15, -0.1) is 0 Å². The van der Waals surface area contributed by atoms with Crippen LogP contribution >= 0.6 is 0 Å². The van der Waals surface area contributed by atoms with E-state index in [1.54, 1.807) is 24.3 Å². The Morgan fingerprint density at radius 3 is 2.40 bits per heavy atom. The van der Waals surface area contributed by atoms with E-state index in [-0.39, 0.29) is 30.7 Å². The van der Waals surface area contributed by atoms with Gasteiger partial charge in [0.05, 0.1) is 17.8 Å². The molecule has 3 amide bonds. The molecule has 2 aromatic rings. The number of amides is 3. The lowest BCUT2D eigenvalue weighted by Crippen LogP contribution is -2.33. The maximum absolute atomic E-state index is 12.7. The fourth-order valence-electron chi connectivity index (χ4n) is 3.33. The molecule has 0 spiro atoms. The monoisotopic (exact) mass is 409 g/mol. The van der Waals surface area contributed by atoms with E-state index in [0.29, 0.717) is 30.0 Å². The summed E-state index contributed by atoms with van der Waals surface area (Å²) in [5, 5.41) is 19.1. The summed E-state index contributed by atoms with van der Waals surface area (Å²) in [7, 11) is 0. The highest BCUT2D eigenvalue weighted by Gasteiger charge is 2.31.